The van der Waals surface area contributed by atoms with Gasteiger partial charge < -0.3 is 9.64 Å². The van der Waals surface area contributed by atoms with E-state index in [1.54, 1.807) is 12.3 Å². The first-order valence-electron chi connectivity index (χ1n) is 10.1. The summed E-state index contributed by atoms with van der Waals surface area (Å²) in [4.78, 5) is 10.9. The Morgan fingerprint density at radius 2 is 2.12 bits per heavy atom. The zero-order valence-corrected chi connectivity index (χ0v) is 18.5. The lowest BCUT2D eigenvalue weighted by atomic mass is 9.98. The van der Waals surface area contributed by atoms with Crippen LogP contribution in [-0.2, 0) is 10.0 Å². The molecule has 1 aliphatic rings. The summed E-state index contributed by atoms with van der Waals surface area (Å²) < 4.78 is 58.5. The lowest BCUT2D eigenvalue weighted by Gasteiger charge is -2.33. The number of anilines is 1. The maximum absolute atomic E-state index is 13.2. The Bertz CT molecular complexity index is 1220. The molecule has 0 unspecified atom stereocenters. The summed E-state index contributed by atoms with van der Waals surface area (Å²) in [5.74, 6) is 1.17. The summed E-state index contributed by atoms with van der Waals surface area (Å²) >= 11 is 0. The molecule has 1 saturated heterocycles. The van der Waals surface area contributed by atoms with Crippen LogP contribution in [0.5, 0.6) is 5.88 Å². The van der Waals surface area contributed by atoms with Crippen molar-refractivity contribution in [2.24, 2.45) is 5.92 Å². The van der Waals surface area contributed by atoms with Crippen molar-refractivity contribution in [3.63, 3.8) is 0 Å². The van der Waals surface area contributed by atoms with Gasteiger partial charge in [0.05, 0.1) is 25.3 Å². The summed E-state index contributed by atoms with van der Waals surface area (Å²) in [7, 11) is -1.75. The van der Waals surface area contributed by atoms with Crippen molar-refractivity contribution < 1.29 is 21.9 Å². The van der Waals surface area contributed by atoms with E-state index in [4.69, 9.17) is 4.74 Å². The molecule has 0 bridgehead atoms. The van der Waals surface area contributed by atoms with Gasteiger partial charge in [0.25, 0.3) is 6.43 Å². The van der Waals surface area contributed by atoms with Crippen LogP contribution in [0.1, 0.15) is 25.0 Å². The van der Waals surface area contributed by atoms with Crippen molar-refractivity contribution in [2.75, 3.05) is 37.9 Å². The van der Waals surface area contributed by atoms with Crippen LogP contribution >= 0.6 is 0 Å². The first-order valence-corrected chi connectivity index (χ1v) is 12.0. The number of fused-ring (bicyclic) bond motifs is 1. The number of pyridine rings is 1. The SMILES string of the molecule is COc1cc(-c2cnc3ccc(C(F)F)nn23)cc(N2CCC[C@H](CNS(C)(=O)=O)C2)n1. The number of aromatic nitrogens is 4. The number of piperidine rings is 1. The highest BCUT2D eigenvalue weighted by molar-refractivity contribution is 7.88. The van der Waals surface area contributed by atoms with Crippen molar-refractivity contribution in [2.45, 2.75) is 19.3 Å². The lowest BCUT2D eigenvalue weighted by Crippen LogP contribution is -2.41. The zero-order valence-electron chi connectivity index (χ0n) is 17.7. The van der Waals surface area contributed by atoms with Crippen LogP contribution in [0.4, 0.5) is 14.6 Å². The summed E-state index contributed by atoms with van der Waals surface area (Å²) in [6.07, 6.45) is 1.82. The Balaban J connectivity index is 1.66. The molecule has 0 spiro atoms. The quantitative estimate of drug-likeness (QED) is 0.571. The van der Waals surface area contributed by atoms with E-state index in [9.17, 15) is 17.2 Å². The molecular weight excluding hydrogens is 442 g/mol. The van der Waals surface area contributed by atoms with E-state index < -0.39 is 16.4 Å². The Morgan fingerprint density at radius 1 is 1.31 bits per heavy atom. The van der Waals surface area contributed by atoms with Gasteiger partial charge in [-0.2, -0.15) is 10.1 Å². The second-order valence-electron chi connectivity index (χ2n) is 7.80. The first kappa shape index (κ1) is 22.3. The van der Waals surface area contributed by atoms with Gasteiger partial charge in [-0.05, 0) is 37.0 Å². The molecule has 0 saturated carbocycles. The van der Waals surface area contributed by atoms with E-state index in [0.29, 0.717) is 41.7 Å². The smallest absolute Gasteiger partial charge is 0.282 e. The molecule has 0 amide bonds. The number of alkyl halides is 2. The number of imidazole rings is 1. The highest BCUT2D eigenvalue weighted by atomic mass is 32.2. The highest BCUT2D eigenvalue weighted by Gasteiger charge is 2.23. The summed E-state index contributed by atoms with van der Waals surface area (Å²) in [6, 6.07) is 6.31. The standard InChI is InChI=1S/C20H24F2N6O3S/c1-31-19-9-14(16-11-23-17-6-5-15(20(21)22)26-28(16)17)8-18(25-19)27-7-3-4-13(12-27)10-24-32(2,29)30/h5-6,8-9,11,13,20,24H,3-4,7,10,12H2,1-2H3/t13-/m1/s1. The van der Waals surface area contributed by atoms with E-state index in [-0.39, 0.29) is 11.6 Å². The largest absolute Gasteiger partial charge is 0.481 e. The van der Waals surface area contributed by atoms with Gasteiger partial charge >= 0.3 is 0 Å². The van der Waals surface area contributed by atoms with E-state index in [0.717, 1.165) is 25.6 Å². The molecule has 3 aromatic rings. The fourth-order valence-electron chi connectivity index (χ4n) is 3.82. The number of halogens is 2. The second-order valence-corrected chi connectivity index (χ2v) is 9.64. The van der Waals surface area contributed by atoms with Crippen LogP contribution in [0.3, 0.4) is 0 Å². The normalized spacial score (nSPS) is 17.3. The number of hydrogen-bond donors (Lipinski definition) is 1. The molecule has 1 aliphatic heterocycles. The van der Waals surface area contributed by atoms with Gasteiger partial charge in [0.15, 0.2) is 5.65 Å². The molecular formula is C20H24F2N6O3S. The number of nitrogens with zero attached hydrogens (tertiary/aromatic N) is 5. The summed E-state index contributed by atoms with van der Waals surface area (Å²) in [6.45, 7) is 1.75. The van der Waals surface area contributed by atoms with Gasteiger partial charge in [-0.3, -0.25) is 0 Å². The van der Waals surface area contributed by atoms with Crippen molar-refractivity contribution in [1.82, 2.24) is 24.3 Å². The number of hydrogen-bond acceptors (Lipinski definition) is 7. The molecule has 12 heteroatoms. The van der Waals surface area contributed by atoms with Crippen LogP contribution in [0.15, 0.2) is 30.5 Å². The molecule has 1 N–H and O–H groups in total. The summed E-state index contributed by atoms with van der Waals surface area (Å²) in [5.41, 5.74) is 1.33. The molecule has 1 fully saturated rings. The molecule has 1 atom stereocenters. The van der Waals surface area contributed by atoms with Gasteiger partial charge in [0, 0.05) is 31.3 Å². The minimum atomic E-state index is -3.26. The average molecular weight is 467 g/mol. The molecule has 172 valence electrons. The Morgan fingerprint density at radius 3 is 2.84 bits per heavy atom. The molecule has 9 nitrogen and oxygen atoms in total. The second kappa shape index (κ2) is 8.94. The van der Waals surface area contributed by atoms with Crippen LogP contribution < -0.4 is 14.4 Å². The third-order valence-electron chi connectivity index (χ3n) is 5.38. The van der Waals surface area contributed by atoms with Gasteiger partial charge in [0.1, 0.15) is 11.5 Å². The van der Waals surface area contributed by atoms with Crippen molar-refractivity contribution in [3.05, 3.63) is 36.2 Å². The van der Waals surface area contributed by atoms with E-state index >= 15 is 0 Å². The number of nitrogens with one attached hydrogen (secondary N) is 1. The predicted molar refractivity (Wildman–Crippen MR) is 116 cm³/mol. The number of rotatable bonds is 7. The van der Waals surface area contributed by atoms with Crippen LogP contribution in [0.2, 0.25) is 0 Å². The van der Waals surface area contributed by atoms with Gasteiger partial charge in [-0.15, -0.1) is 0 Å². The predicted octanol–water partition coefficient (Wildman–Crippen LogP) is 2.50. The maximum Gasteiger partial charge on any atom is 0.282 e. The van der Waals surface area contributed by atoms with Crippen molar-refractivity contribution in [1.29, 1.82) is 0 Å². The van der Waals surface area contributed by atoms with Crippen LogP contribution in [0, 0.1) is 5.92 Å². The van der Waals surface area contributed by atoms with Crippen LogP contribution in [-0.4, -0.2) is 61.0 Å². The molecule has 0 aliphatic carbocycles. The first-order chi connectivity index (χ1) is 15.2. The van der Waals surface area contributed by atoms with Crippen LogP contribution in [0.25, 0.3) is 16.9 Å². The molecule has 32 heavy (non-hydrogen) atoms. The van der Waals surface area contributed by atoms with Gasteiger partial charge in [-0.1, -0.05) is 0 Å². The fraction of sp³-hybridized carbons (Fsp3) is 0.450. The van der Waals surface area contributed by atoms with Crippen molar-refractivity contribution in [3.8, 4) is 17.1 Å². The van der Waals surface area contributed by atoms with E-state index in [2.05, 4.69) is 24.7 Å². The zero-order chi connectivity index (χ0) is 22.9. The molecule has 0 radical (unpaired) electrons. The Hall–Kier alpha value is -2.86. The number of sulfonamides is 1. The molecule has 0 aromatic carbocycles. The highest BCUT2D eigenvalue weighted by Crippen LogP contribution is 2.30. The van der Waals surface area contributed by atoms with Gasteiger partial charge in [0.2, 0.25) is 15.9 Å². The topological polar surface area (TPSA) is 102 Å². The van der Waals surface area contributed by atoms with E-state index in [1.807, 2.05) is 6.07 Å². The summed E-state index contributed by atoms with van der Waals surface area (Å²) in [5, 5.41) is 4.03. The van der Waals surface area contributed by atoms with Gasteiger partial charge in [-0.25, -0.2) is 31.4 Å². The number of ether oxygens (including phenoxy) is 1. The maximum atomic E-state index is 13.2. The number of methoxy groups -OCH3 is 1. The third kappa shape index (κ3) is 4.96. The monoisotopic (exact) mass is 466 g/mol. The minimum absolute atomic E-state index is 0.140. The molecule has 4 rings (SSSR count). The third-order valence-corrected chi connectivity index (χ3v) is 6.07. The molecule has 3 aromatic heterocycles. The fourth-order valence-corrected chi connectivity index (χ4v) is 4.35. The Labute approximate surface area is 184 Å². The average Bonchev–Trinajstić information content (AvgIpc) is 3.20. The van der Waals surface area contributed by atoms with E-state index in [1.165, 1.54) is 23.8 Å². The molecule has 4 heterocycles. The van der Waals surface area contributed by atoms with Crippen molar-refractivity contribution >= 4 is 21.5 Å². The Kier molecular flexibility index (Phi) is 6.24. The minimum Gasteiger partial charge on any atom is -0.481 e. The lowest BCUT2D eigenvalue weighted by molar-refractivity contribution is 0.144.